The van der Waals surface area contributed by atoms with E-state index >= 15 is 0 Å². The number of allylic oxidation sites excluding steroid dienone is 5. The van der Waals surface area contributed by atoms with Crippen molar-refractivity contribution >= 4 is 16.3 Å². The lowest BCUT2D eigenvalue weighted by Gasteiger charge is -2.41. The first-order valence-electron chi connectivity index (χ1n) is 20.5. The molecule has 8 unspecified atom stereocenters. The van der Waals surface area contributed by atoms with Gasteiger partial charge in [0.2, 0.25) is 5.91 Å². The van der Waals surface area contributed by atoms with Crippen LogP contribution in [0.4, 0.5) is 0 Å². The van der Waals surface area contributed by atoms with Gasteiger partial charge in [0.15, 0.2) is 6.29 Å². The Morgan fingerprint density at radius 2 is 1.24 bits per heavy atom. The molecule has 1 rings (SSSR count). The molecule has 1 heterocycles. The van der Waals surface area contributed by atoms with Crippen LogP contribution in [-0.4, -0.2) is 107 Å². The first-order chi connectivity index (χ1) is 25.9. The molecule has 0 aliphatic carbocycles. The van der Waals surface area contributed by atoms with Crippen molar-refractivity contribution in [3.63, 3.8) is 0 Å². The smallest absolute Gasteiger partial charge is 0.394 e. The minimum absolute atomic E-state index is 0.235. The Kier molecular flexibility index (Phi) is 29.2. The fourth-order valence-corrected chi connectivity index (χ4v) is 6.70. The molecule has 0 bridgehead atoms. The zero-order valence-electron chi connectivity index (χ0n) is 32.9. The molecule has 7 N–H and O–H groups in total. The molecule has 0 saturated carbocycles. The lowest BCUT2D eigenvalue weighted by molar-refractivity contribution is -0.298. The molecule has 0 aromatic rings. The number of nitrogens with one attached hydrogen (secondary N) is 1. The largest absolute Gasteiger partial charge is 0.397 e. The third kappa shape index (κ3) is 24.0. The fourth-order valence-electron chi connectivity index (χ4n) is 6.20. The van der Waals surface area contributed by atoms with Gasteiger partial charge in [0.05, 0.1) is 25.4 Å². The first kappa shape index (κ1) is 50.3. The maximum atomic E-state index is 13.0. The molecule has 1 aliphatic rings. The molecule has 1 aliphatic heterocycles. The normalized spacial score (nSPS) is 22.7. The van der Waals surface area contributed by atoms with E-state index in [0.717, 1.165) is 44.9 Å². The molecular weight excluding hydrogens is 719 g/mol. The predicted octanol–water partition coefficient (Wildman–Crippen LogP) is 5.74. The van der Waals surface area contributed by atoms with Crippen LogP contribution in [0, 0.1) is 0 Å². The molecule has 316 valence electrons. The van der Waals surface area contributed by atoms with Gasteiger partial charge in [-0.2, -0.15) is 8.42 Å². The number of carbonyl (C=O) groups excluding carboxylic acids is 1. The van der Waals surface area contributed by atoms with Gasteiger partial charge in [0.25, 0.3) is 0 Å². The summed E-state index contributed by atoms with van der Waals surface area (Å²) in [4.78, 5) is 13.0. The van der Waals surface area contributed by atoms with Crippen molar-refractivity contribution in [3.8, 4) is 0 Å². The molecule has 1 fully saturated rings. The lowest BCUT2D eigenvalue weighted by Crippen LogP contribution is -2.61. The van der Waals surface area contributed by atoms with Crippen LogP contribution in [0.15, 0.2) is 36.5 Å². The van der Waals surface area contributed by atoms with Crippen molar-refractivity contribution in [1.82, 2.24) is 5.32 Å². The van der Waals surface area contributed by atoms with Gasteiger partial charge in [-0.3, -0.25) is 9.35 Å². The topological polar surface area (TPSA) is 212 Å². The summed E-state index contributed by atoms with van der Waals surface area (Å²) in [6, 6.07) is -1.14. The third-order valence-corrected chi connectivity index (χ3v) is 9.97. The summed E-state index contributed by atoms with van der Waals surface area (Å²) in [6.07, 6.45) is 22.4. The summed E-state index contributed by atoms with van der Waals surface area (Å²) in [5, 5.41) is 54.9. The van der Waals surface area contributed by atoms with Crippen LogP contribution in [0.25, 0.3) is 0 Å². The average Bonchev–Trinajstić information content (AvgIpc) is 3.14. The van der Waals surface area contributed by atoms with Crippen LogP contribution in [0.5, 0.6) is 0 Å². The molecule has 13 nitrogen and oxygen atoms in total. The predicted molar refractivity (Wildman–Crippen MR) is 210 cm³/mol. The zero-order chi connectivity index (χ0) is 40.0. The molecule has 54 heavy (non-hydrogen) atoms. The summed E-state index contributed by atoms with van der Waals surface area (Å²) >= 11 is 0. The highest BCUT2D eigenvalue weighted by atomic mass is 32.3. The van der Waals surface area contributed by atoms with E-state index in [1.807, 2.05) is 0 Å². The number of rotatable bonds is 33. The van der Waals surface area contributed by atoms with E-state index in [1.54, 1.807) is 6.08 Å². The highest BCUT2D eigenvalue weighted by molar-refractivity contribution is 7.80. The van der Waals surface area contributed by atoms with E-state index in [4.69, 9.17) is 14.0 Å². The summed E-state index contributed by atoms with van der Waals surface area (Å²) in [7, 11) is -5.12. The van der Waals surface area contributed by atoms with E-state index in [9.17, 15) is 38.7 Å². The second kappa shape index (κ2) is 31.4. The van der Waals surface area contributed by atoms with Gasteiger partial charge >= 0.3 is 10.4 Å². The lowest BCUT2D eigenvalue weighted by atomic mass is 9.99. The van der Waals surface area contributed by atoms with Gasteiger partial charge in [0, 0.05) is 0 Å². The van der Waals surface area contributed by atoms with Crippen molar-refractivity contribution in [2.75, 3.05) is 13.2 Å². The molecule has 8 atom stereocenters. The van der Waals surface area contributed by atoms with E-state index in [1.165, 1.54) is 76.7 Å². The Bertz CT molecular complexity index is 1130. The number of unbranched alkanes of at least 4 members (excludes halogenated alkanes) is 16. The van der Waals surface area contributed by atoms with E-state index in [-0.39, 0.29) is 6.42 Å². The van der Waals surface area contributed by atoms with Gasteiger partial charge in [-0.15, -0.1) is 0 Å². The highest BCUT2D eigenvalue weighted by Crippen LogP contribution is 2.26. The number of hydrogen-bond donors (Lipinski definition) is 7. The summed E-state index contributed by atoms with van der Waals surface area (Å²) in [5.41, 5.74) is 0. The van der Waals surface area contributed by atoms with E-state index in [2.05, 4.69) is 47.7 Å². The molecule has 0 aromatic carbocycles. The van der Waals surface area contributed by atoms with Crippen molar-refractivity contribution in [1.29, 1.82) is 0 Å². The quantitative estimate of drug-likeness (QED) is 0.0241. The second-order valence-electron chi connectivity index (χ2n) is 14.3. The Morgan fingerprint density at radius 1 is 0.741 bits per heavy atom. The van der Waals surface area contributed by atoms with Gasteiger partial charge in [0.1, 0.15) is 30.5 Å². The van der Waals surface area contributed by atoms with E-state index < -0.39 is 78.5 Å². The molecular formula is C40H73NO12S. The van der Waals surface area contributed by atoms with Gasteiger partial charge in [-0.1, -0.05) is 140 Å². The number of aliphatic hydroxyl groups is 5. The molecule has 0 aromatic heterocycles. The minimum Gasteiger partial charge on any atom is -0.394 e. The Hall–Kier alpha value is -1.72. The Morgan fingerprint density at radius 3 is 1.78 bits per heavy atom. The number of amides is 1. The third-order valence-electron chi connectivity index (χ3n) is 9.51. The van der Waals surface area contributed by atoms with Crippen molar-refractivity contribution < 1.29 is 57.0 Å². The SMILES string of the molecule is CCCCC/C=C/CC/C=C/CC/C=C/C(O)C(COC1OC(CO)C(O)C(OS(=O)(=O)O)C1O)NC(=O)C(O)CCCCCCCCCCCCCC. The molecule has 0 radical (unpaired) electrons. The summed E-state index contributed by atoms with van der Waals surface area (Å²) in [5.74, 6) is -0.720. The van der Waals surface area contributed by atoms with Crippen molar-refractivity contribution in [2.24, 2.45) is 0 Å². The van der Waals surface area contributed by atoms with Gasteiger partial charge in [-0.05, 0) is 44.9 Å². The Balaban J connectivity index is 2.72. The summed E-state index contributed by atoms with van der Waals surface area (Å²) in [6.45, 7) is 3.12. The number of aliphatic hydroxyl groups excluding tert-OH is 5. The van der Waals surface area contributed by atoms with Gasteiger partial charge in [-0.25, -0.2) is 4.18 Å². The molecule has 0 spiro atoms. The second-order valence-corrected chi connectivity index (χ2v) is 15.4. The van der Waals surface area contributed by atoms with Crippen LogP contribution >= 0.6 is 0 Å². The average molecular weight is 792 g/mol. The minimum atomic E-state index is -5.12. The fraction of sp³-hybridized carbons (Fsp3) is 0.825. The number of hydrogen-bond acceptors (Lipinski definition) is 11. The maximum Gasteiger partial charge on any atom is 0.397 e. The summed E-state index contributed by atoms with van der Waals surface area (Å²) < 4.78 is 47.3. The highest BCUT2D eigenvalue weighted by Gasteiger charge is 2.48. The van der Waals surface area contributed by atoms with E-state index in [0.29, 0.717) is 12.8 Å². The molecule has 1 amide bonds. The van der Waals surface area contributed by atoms with Crippen LogP contribution in [0.2, 0.25) is 0 Å². The van der Waals surface area contributed by atoms with Crippen LogP contribution in [-0.2, 0) is 28.9 Å². The van der Waals surface area contributed by atoms with Crippen LogP contribution < -0.4 is 5.32 Å². The van der Waals surface area contributed by atoms with Crippen molar-refractivity contribution in [2.45, 2.75) is 198 Å². The van der Waals surface area contributed by atoms with Crippen molar-refractivity contribution in [3.05, 3.63) is 36.5 Å². The number of ether oxygens (including phenoxy) is 2. The monoisotopic (exact) mass is 791 g/mol. The maximum absolute atomic E-state index is 13.0. The Labute approximate surface area is 325 Å². The zero-order valence-corrected chi connectivity index (χ0v) is 33.7. The first-order valence-corrected chi connectivity index (χ1v) is 21.8. The number of carbonyl (C=O) groups is 1. The standard InChI is InChI=1S/C40H73NO12S/c1-3-5-7-9-11-13-15-17-19-20-22-24-26-28-33(43)32(31-51-40-37(46)38(53-54(48,49)50)36(45)35(30-42)52-40)41-39(47)34(44)29-27-25-23-21-18-16-14-12-10-8-6-4-2/h11,13,19-20,26,28,32-38,40,42-46H,3-10,12,14-18,21-25,27,29-31H2,1-2H3,(H,41,47)(H,48,49,50)/b13-11+,20-19+,28-26+. The van der Waals surface area contributed by atoms with Crippen LogP contribution in [0.1, 0.15) is 149 Å². The molecule has 14 heteroatoms. The molecule has 1 saturated heterocycles. The van der Waals surface area contributed by atoms with Gasteiger partial charge < -0.3 is 40.3 Å². The van der Waals surface area contributed by atoms with Crippen LogP contribution in [0.3, 0.4) is 0 Å².